The number of benzene rings is 6. The van der Waals surface area contributed by atoms with Crippen molar-refractivity contribution in [1.29, 1.82) is 0 Å². The van der Waals surface area contributed by atoms with Gasteiger partial charge in [0.25, 0.3) is 0 Å². The third-order valence-corrected chi connectivity index (χ3v) is 12.0. The van der Waals surface area contributed by atoms with E-state index in [9.17, 15) is 0 Å². The summed E-state index contributed by atoms with van der Waals surface area (Å²) in [6, 6.07) is 41.5. The molecule has 0 unspecified atom stereocenters. The summed E-state index contributed by atoms with van der Waals surface area (Å²) in [4.78, 5) is 20.7. The molecule has 284 valence electrons. The maximum absolute atomic E-state index is 5.43. The number of aromatic nitrogens is 2. The van der Waals surface area contributed by atoms with Gasteiger partial charge in [0.1, 0.15) is 0 Å². The van der Waals surface area contributed by atoms with Crippen LogP contribution in [0.3, 0.4) is 0 Å². The molecule has 6 aromatic carbocycles. The first-order valence-corrected chi connectivity index (χ1v) is 20.7. The Balaban J connectivity index is 1.04. The monoisotopic (exact) mass is 760 g/mol. The second-order valence-corrected chi connectivity index (χ2v) is 15.6. The highest BCUT2D eigenvalue weighted by atomic mass is 14.8. The van der Waals surface area contributed by atoms with Crippen molar-refractivity contribution in [3.8, 4) is 33.6 Å². The second kappa shape index (κ2) is 15.0. The Labute approximate surface area is 345 Å². The molecule has 0 spiro atoms. The van der Waals surface area contributed by atoms with Crippen LogP contribution in [0.25, 0.3) is 84.4 Å². The van der Waals surface area contributed by atoms with Gasteiger partial charge in [-0.1, -0.05) is 116 Å². The highest BCUT2D eigenvalue weighted by molar-refractivity contribution is 6.19. The van der Waals surface area contributed by atoms with Crippen LogP contribution in [-0.4, -0.2) is 21.9 Å². The Bertz CT molecular complexity index is 3160. The van der Waals surface area contributed by atoms with Crippen molar-refractivity contribution in [2.24, 2.45) is 9.98 Å². The Kier molecular flexibility index (Phi) is 9.26. The third-order valence-electron chi connectivity index (χ3n) is 12.0. The second-order valence-electron chi connectivity index (χ2n) is 15.6. The van der Waals surface area contributed by atoms with Gasteiger partial charge in [0.15, 0.2) is 0 Å². The zero-order valence-corrected chi connectivity index (χ0v) is 33.8. The minimum absolute atomic E-state index is 0.831. The summed E-state index contributed by atoms with van der Waals surface area (Å²) >= 11 is 0. The quantitative estimate of drug-likeness (QED) is 0.162. The molecule has 10 rings (SSSR count). The standard InChI is InChI=1S/C55H44N4/c1-5-12-42-34(4)14-10-18-43(42)49-28-24-39-32-37(22-26-47(39)57-49)38-23-27-48-40(33-38)25-30-50(58-48)53-44(13-6-2)41(7-3)52(45-16-8-9-17-46(45)53)51-29-21-36-20-19-35-15-11-31-56-54(35)55(36)59-51/h5-10,12-14,16-24,26-29,31-33H,3,11,15,25,30H2,1-2,4H3/b12-5-,13-6-. The van der Waals surface area contributed by atoms with Crippen molar-refractivity contribution in [2.45, 2.75) is 46.5 Å². The van der Waals surface area contributed by atoms with Crippen molar-refractivity contribution in [1.82, 2.24) is 9.97 Å². The highest BCUT2D eigenvalue weighted by Crippen LogP contribution is 2.43. The minimum atomic E-state index is 0.831. The van der Waals surface area contributed by atoms with Crippen molar-refractivity contribution in [3.05, 3.63) is 173 Å². The normalized spacial score (nSPS) is 13.7. The lowest BCUT2D eigenvalue weighted by molar-refractivity contribution is 1.01. The minimum Gasteiger partial charge on any atom is -0.259 e. The maximum Gasteiger partial charge on any atom is 0.0968 e. The fraction of sp³-hybridized carbons (Fsp3) is 0.127. The molecule has 2 aromatic heterocycles. The summed E-state index contributed by atoms with van der Waals surface area (Å²) in [6.07, 6.45) is 16.3. The molecule has 8 aromatic rings. The molecule has 59 heavy (non-hydrogen) atoms. The Morgan fingerprint density at radius 2 is 1.37 bits per heavy atom. The van der Waals surface area contributed by atoms with Crippen molar-refractivity contribution in [3.63, 3.8) is 0 Å². The fourth-order valence-corrected chi connectivity index (χ4v) is 9.15. The predicted octanol–water partition coefficient (Wildman–Crippen LogP) is 14.7. The fourth-order valence-electron chi connectivity index (χ4n) is 9.15. The Morgan fingerprint density at radius 1 is 0.610 bits per heavy atom. The smallest absolute Gasteiger partial charge is 0.0968 e. The lowest BCUT2D eigenvalue weighted by atomic mass is 9.83. The van der Waals surface area contributed by atoms with Crippen LogP contribution < -0.4 is 0 Å². The average molecular weight is 761 g/mol. The number of rotatable bonds is 7. The number of fused-ring (bicyclic) bond motifs is 6. The van der Waals surface area contributed by atoms with Gasteiger partial charge < -0.3 is 0 Å². The molecule has 4 heteroatoms. The van der Waals surface area contributed by atoms with Crippen LogP contribution in [0.5, 0.6) is 0 Å². The Morgan fingerprint density at radius 3 is 2.22 bits per heavy atom. The number of nitrogens with zero attached hydrogens (tertiary/aromatic N) is 4. The summed E-state index contributed by atoms with van der Waals surface area (Å²) in [7, 11) is 0. The molecular formula is C55H44N4. The highest BCUT2D eigenvalue weighted by Gasteiger charge is 2.24. The van der Waals surface area contributed by atoms with E-state index in [-0.39, 0.29) is 0 Å². The van der Waals surface area contributed by atoms with Crippen LogP contribution >= 0.6 is 0 Å². The molecule has 0 saturated heterocycles. The van der Waals surface area contributed by atoms with Gasteiger partial charge in [0.05, 0.1) is 33.8 Å². The molecule has 0 bridgehead atoms. The van der Waals surface area contributed by atoms with E-state index >= 15 is 0 Å². The molecule has 0 saturated carbocycles. The third kappa shape index (κ3) is 6.33. The average Bonchev–Trinajstić information content (AvgIpc) is 3.28. The van der Waals surface area contributed by atoms with E-state index in [1.807, 2.05) is 12.3 Å². The van der Waals surface area contributed by atoms with Crippen LogP contribution in [0.15, 0.2) is 144 Å². The maximum atomic E-state index is 5.43. The topological polar surface area (TPSA) is 50.5 Å². The van der Waals surface area contributed by atoms with Crippen LogP contribution in [0.1, 0.15) is 65.6 Å². The number of allylic oxidation sites excluding steroid dienone is 2. The Hall–Kier alpha value is -7.04. The number of pyridine rings is 2. The van der Waals surface area contributed by atoms with Crippen LogP contribution in [0.2, 0.25) is 0 Å². The molecule has 2 aliphatic rings. The first-order valence-electron chi connectivity index (χ1n) is 20.7. The molecule has 4 nitrogen and oxygen atoms in total. The lowest BCUT2D eigenvalue weighted by Gasteiger charge is -2.23. The molecule has 0 atom stereocenters. The van der Waals surface area contributed by atoms with Crippen molar-refractivity contribution in [2.75, 3.05) is 0 Å². The first kappa shape index (κ1) is 36.3. The van der Waals surface area contributed by atoms with Crippen LogP contribution in [0, 0.1) is 6.92 Å². The predicted molar refractivity (Wildman–Crippen MR) is 253 cm³/mol. The molecule has 4 heterocycles. The van der Waals surface area contributed by atoms with E-state index < -0.39 is 0 Å². The van der Waals surface area contributed by atoms with Gasteiger partial charge in [-0.25, -0.2) is 9.97 Å². The zero-order valence-electron chi connectivity index (χ0n) is 33.8. The van der Waals surface area contributed by atoms with Gasteiger partial charge in [-0.05, 0) is 138 Å². The SMILES string of the molecule is C=Cc1c(/C=C\C)c(C2=Nc3ccc(-c4ccc5nc(-c6cccc(C)c6/C=C\C)ccc5c4)cc3CC2)c2ccccc2c1-c1ccc2ccc3c(c2n1)N=CCC3. The summed E-state index contributed by atoms with van der Waals surface area (Å²) in [6.45, 7) is 10.7. The van der Waals surface area contributed by atoms with E-state index in [1.165, 1.54) is 44.3 Å². The number of hydrogen-bond acceptors (Lipinski definition) is 4. The molecule has 0 fully saturated rings. The summed E-state index contributed by atoms with van der Waals surface area (Å²) in [5.41, 5.74) is 19.9. The van der Waals surface area contributed by atoms with E-state index in [2.05, 4.69) is 167 Å². The van der Waals surface area contributed by atoms with Gasteiger partial charge in [-0.15, -0.1) is 0 Å². The zero-order chi connectivity index (χ0) is 40.0. The van der Waals surface area contributed by atoms with Crippen molar-refractivity contribution < 1.29 is 0 Å². The number of aliphatic imine (C=N–C) groups is 2. The van der Waals surface area contributed by atoms with Gasteiger partial charge >= 0.3 is 0 Å². The summed E-state index contributed by atoms with van der Waals surface area (Å²) < 4.78 is 0. The van der Waals surface area contributed by atoms with Gasteiger partial charge in [-0.3, -0.25) is 9.98 Å². The first-order chi connectivity index (χ1) is 29.0. The van der Waals surface area contributed by atoms with Gasteiger partial charge in [0, 0.05) is 39.4 Å². The van der Waals surface area contributed by atoms with E-state index in [0.29, 0.717) is 0 Å². The largest absolute Gasteiger partial charge is 0.259 e. The molecular weight excluding hydrogens is 717 g/mol. The van der Waals surface area contributed by atoms with E-state index in [1.54, 1.807) is 0 Å². The summed E-state index contributed by atoms with van der Waals surface area (Å²) in [5.74, 6) is 0. The van der Waals surface area contributed by atoms with Crippen LogP contribution in [-0.2, 0) is 12.8 Å². The summed E-state index contributed by atoms with van der Waals surface area (Å²) in [5, 5.41) is 4.54. The van der Waals surface area contributed by atoms with Gasteiger partial charge in [0.2, 0.25) is 0 Å². The van der Waals surface area contributed by atoms with Gasteiger partial charge in [-0.2, -0.15) is 0 Å². The number of aryl methyl sites for hydroxylation is 3. The van der Waals surface area contributed by atoms with E-state index in [0.717, 1.165) is 104 Å². The van der Waals surface area contributed by atoms with E-state index in [4.69, 9.17) is 20.0 Å². The number of hydrogen-bond donors (Lipinski definition) is 0. The molecule has 0 aliphatic carbocycles. The molecule has 0 N–H and O–H groups in total. The molecule has 0 radical (unpaired) electrons. The molecule has 2 aliphatic heterocycles. The lowest BCUT2D eigenvalue weighted by Crippen LogP contribution is -2.12. The van der Waals surface area contributed by atoms with Crippen LogP contribution in [0.4, 0.5) is 11.4 Å². The molecule has 0 amide bonds. The van der Waals surface area contributed by atoms with Crippen molar-refractivity contribution >= 4 is 74.1 Å².